The average Bonchev–Trinajstić information content (AvgIpc) is 3.42. The lowest BCUT2D eigenvalue weighted by Gasteiger charge is -2.29. The molecule has 1 aromatic carbocycles. The zero-order chi connectivity index (χ0) is 25.4. The number of benzene rings is 1. The summed E-state index contributed by atoms with van der Waals surface area (Å²) in [5.74, 6) is 0.724. The molecule has 1 aliphatic rings. The summed E-state index contributed by atoms with van der Waals surface area (Å²) in [6, 6.07) is 7.18. The number of nitrogens with zero attached hydrogens (tertiary/aromatic N) is 6. The highest BCUT2D eigenvalue weighted by Crippen LogP contribution is 2.33. The van der Waals surface area contributed by atoms with Gasteiger partial charge in [0, 0.05) is 30.8 Å². The Labute approximate surface area is 203 Å². The van der Waals surface area contributed by atoms with E-state index in [0.29, 0.717) is 34.0 Å². The summed E-state index contributed by atoms with van der Waals surface area (Å²) >= 11 is 0. The Hall–Kier alpha value is -3.90. The van der Waals surface area contributed by atoms with Gasteiger partial charge in [-0.05, 0) is 49.4 Å². The third-order valence-electron chi connectivity index (χ3n) is 6.29. The molecule has 1 saturated carbocycles. The minimum atomic E-state index is -4.41. The monoisotopic (exact) mass is 502 g/mol. The number of amides is 1. The summed E-state index contributed by atoms with van der Waals surface area (Å²) in [6.07, 6.45) is 0.807. The number of ether oxygens (including phenoxy) is 1. The molecule has 3 aromatic heterocycles. The van der Waals surface area contributed by atoms with Crippen LogP contribution in [0.2, 0.25) is 0 Å². The molecule has 190 valence electrons. The number of carbonyl (C=O) groups excluding carboxylic acids is 1. The fourth-order valence-corrected chi connectivity index (χ4v) is 4.70. The van der Waals surface area contributed by atoms with Gasteiger partial charge in [0.05, 0.1) is 12.6 Å². The summed E-state index contributed by atoms with van der Waals surface area (Å²) in [7, 11) is 1.51. The van der Waals surface area contributed by atoms with Gasteiger partial charge in [-0.3, -0.25) is 4.79 Å². The largest absolute Gasteiger partial charge is 0.479 e. The fourth-order valence-electron chi connectivity index (χ4n) is 4.70. The lowest BCUT2D eigenvalue weighted by Crippen LogP contribution is -2.39. The van der Waals surface area contributed by atoms with Gasteiger partial charge in [-0.2, -0.15) is 18.2 Å². The molecule has 0 radical (unpaired) electrons. The summed E-state index contributed by atoms with van der Waals surface area (Å²) in [6.45, 7) is 0.300. The van der Waals surface area contributed by atoms with Crippen molar-refractivity contribution in [3.63, 3.8) is 0 Å². The number of hydrogen-bond acceptors (Lipinski definition) is 7. The highest BCUT2D eigenvalue weighted by Gasteiger charge is 2.30. The maximum atomic E-state index is 13.0. The Morgan fingerprint density at radius 3 is 2.61 bits per heavy atom. The van der Waals surface area contributed by atoms with Crippen molar-refractivity contribution in [2.75, 3.05) is 12.4 Å². The van der Waals surface area contributed by atoms with Crippen molar-refractivity contribution in [2.24, 2.45) is 0 Å². The maximum Gasteiger partial charge on any atom is 0.408 e. The van der Waals surface area contributed by atoms with E-state index in [-0.39, 0.29) is 23.5 Å². The van der Waals surface area contributed by atoms with E-state index in [9.17, 15) is 18.0 Å². The van der Waals surface area contributed by atoms with E-state index < -0.39 is 12.7 Å². The van der Waals surface area contributed by atoms with Crippen LogP contribution in [0.15, 0.2) is 30.5 Å². The van der Waals surface area contributed by atoms with E-state index in [2.05, 4.69) is 31.0 Å². The van der Waals surface area contributed by atoms with Crippen LogP contribution in [0, 0.1) is 0 Å². The lowest BCUT2D eigenvalue weighted by molar-refractivity contribution is -0.142. The summed E-state index contributed by atoms with van der Waals surface area (Å²) in [4.78, 5) is 15.8. The lowest BCUT2D eigenvalue weighted by atomic mass is 9.91. The second-order valence-corrected chi connectivity index (χ2v) is 8.93. The smallest absolute Gasteiger partial charge is 0.408 e. The number of rotatable bonds is 6. The molecule has 4 aromatic rings. The van der Waals surface area contributed by atoms with Crippen LogP contribution in [-0.4, -0.2) is 60.9 Å². The highest BCUT2D eigenvalue weighted by molar-refractivity contribution is 5.89. The number of anilines is 1. The van der Waals surface area contributed by atoms with Crippen molar-refractivity contribution >= 4 is 28.4 Å². The van der Waals surface area contributed by atoms with Crippen LogP contribution in [0.3, 0.4) is 0 Å². The standard InChI is InChI=1S/C23H25F3N8O2/c1-13(35)27-15-4-6-16(7-5-15)28-22-29-21(36-2)20-17(9-10-33(20)31-22)14-3-8-18-19(11-14)34(32-30-18)12-23(24,25)26/h3,8-11,15-16H,4-7,12H2,1-2H3,(H,27,35)(H,28,31)/t15-,16+. The first-order valence-corrected chi connectivity index (χ1v) is 11.6. The molecule has 0 saturated heterocycles. The molecule has 0 atom stereocenters. The van der Waals surface area contributed by atoms with Crippen molar-refractivity contribution in [3.8, 4) is 17.0 Å². The molecule has 5 rings (SSSR count). The Bertz CT molecular complexity index is 1410. The normalized spacial score (nSPS) is 18.5. The average molecular weight is 503 g/mol. The quantitative estimate of drug-likeness (QED) is 0.415. The third kappa shape index (κ3) is 4.90. The van der Waals surface area contributed by atoms with Crippen molar-refractivity contribution in [3.05, 3.63) is 30.5 Å². The van der Waals surface area contributed by atoms with E-state index in [1.165, 1.54) is 14.0 Å². The van der Waals surface area contributed by atoms with E-state index >= 15 is 0 Å². The first-order valence-electron chi connectivity index (χ1n) is 11.6. The predicted molar refractivity (Wildman–Crippen MR) is 126 cm³/mol. The molecule has 0 spiro atoms. The molecule has 3 heterocycles. The van der Waals surface area contributed by atoms with Crippen LogP contribution in [0.4, 0.5) is 19.1 Å². The molecule has 2 N–H and O–H groups in total. The van der Waals surface area contributed by atoms with Gasteiger partial charge in [0.2, 0.25) is 17.7 Å². The number of carbonyl (C=O) groups is 1. The maximum absolute atomic E-state index is 13.0. The van der Waals surface area contributed by atoms with Gasteiger partial charge in [0.25, 0.3) is 0 Å². The molecule has 0 bridgehead atoms. The Balaban J connectivity index is 1.42. The Morgan fingerprint density at radius 1 is 1.17 bits per heavy atom. The van der Waals surface area contributed by atoms with Crippen molar-refractivity contribution < 1.29 is 22.7 Å². The molecule has 0 aliphatic heterocycles. The van der Waals surface area contributed by atoms with Gasteiger partial charge < -0.3 is 15.4 Å². The van der Waals surface area contributed by atoms with Gasteiger partial charge >= 0.3 is 6.18 Å². The Kier molecular flexibility index (Phi) is 6.14. The van der Waals surface area contributed by atoms with E-state index in [1.54, 1.807) is 28.9 Å². The van der Waals surface area contributed by atoms with Crippen molar-refractivity contribution in [2.45, 2.75) is 57.4 Å². The molecule has 1 aliphatic carbocycles. The first-order chi connectivity index (χ1) is 17.2. The molecule has 13 heteroatoms. The highest BCUT2D eigenvalue weighted by atomic mass is 19.4. The molecule has 1 fully saturated rings. The number of methoxy groups -OCH3 is 1. The first kappa shape index (κ1) is 23.8. The van der Waals surface area contributed by atoms with E-state index in [0.717, 1.165) is 30.4 Å². The van der Waals surface area contributed by atoms with Gasteiger partial charge in [0.1, 0.15) is 17.6 Å². The molecule has 10 nitrogen and oxygen atoms in total. The van der Waals surface area contributed by atoms with Gasteiger partial charge in [0.15, 0.2) is 0 Å². The molecular weight excluding hydrogens is 477 g/mol. The Morgan fingerprint density at radius 2 is 1.92 bits per heavy atom. The zero-order valence-corrected chi connectivity index (χ0v) is 19.7. The molecule has 36 heavy (non-hydrogen) atoms. The molecular formula is C23H25F3N8O2. The second-order valence-electron chi connectivity index (χ2n) is 8.93. The van der Waals surface area contributed by atoms with E-state index in [1.807, 2.05) is 6.07 Å². The molecule has 0 unspecified atom stereocenters. The van der Waals surface area contributed by atoms with Crippen LogP contribution >= 0.6 is 0 Å². The number of hydrogen-bond donors (Lipinski definition) is 2. The van der Waals surface area contributed by atoms with Crippen molar-refractivity contribution in [1.82, 2.24) is 34.9 Å². The number of halogens is 3. The van der Waals surface area contributed by atoms with Crippen LogP contribution in [-0.2, 0) is 11.3 Å². The fraction of sp³-hybridized carbons (Fsp3) is 0.435. The second kappa shape index (κ2) is 9.28. The van der Waals surface area contributed by atoms with Crippen LogP contribution < -0.4 is 15.4 Å². The van der Waals surface area contributed by atoms with Crippen LogP contribution in [0.1, 0.15) is 32.6 Å². The summed E-state index contributed by atoms with van der Waals surface area (Å²) < 4.78 is 46.9. The van der Waals surface area contributed by atoms with E-state index in [4.69, 9.17) is 4.74 Å². The molecule has 1 amide bonds. The van der Waals surface area contributed by atoms with Gasteiger partial charge in [-0.15, -0.1) is 10.2 Å². The summed E-state index contributed by atoms with van der Waals surface area (Å²) in [5.41, 5.74) is 2.60. The van der Waals surface area contributed by atoms with Gasteiger partial charge in [-0.25, -0.2) is 9.20 Å². The van der Waals surface area contributed by atoms with Crippen LogP contribution in [0.5, 0.6) is 5.88 Å². The zero-order valence-electron chi connectivity index (χ0n) is 19.7. The minimum Gasteiger partial charge on any atom is -0.479 e. The van der Waals surface area contributed by atoms with Crippen LogP contribution in [0.25, 0.3) is 27.7 Å². The minimum absolute atomic E-state index is 0.0198. The SMILES string of the molecule is COc1nc(N[C@H]2CC[C@@H](NC(C)=O)CC2)nn2ccc(-c3ccc4nnn(CC(F)(F)F)c4c3)c12. The van der Waals surface area contributed by atoms with Gasteiger partial charge in [-0.1, -0.05) is 11.3 Å². The number of nitrogens with one attached hydrogen (secondary N) is 2. The number of fused-ring (bicyclic) bond motifs is 2. The third-order valence-corrected chi connectivity index (χ3v) is 6.29. The topological polar surface area (TPSA) is 111 Å². The number of alkyl halides is 3. The predicted octanol–water partition coefficient (Wildman–Crippen LogP) is 3.57. The summed E-state index contributed by atoms with van der Waals surface area (Å²) in [5, 5.41) is 18.4. The number of aromatic nitrogens is 6. The van der Waals surface area contributed by atoms with Crippen molar-refractivity contribution in [1.29, 1.82) is 0 Å².